The van der Waals surface area contributed by atoms with Gasteiger partial charge >= 0.3 is 10.7 Å². The molecule has 794 valence electrons. The fraction of sp³-hybridized carbons (Fsp3) is 0.406. The standard InChI is InChI=1S/C9H8O.C8H9N.C8H7N.C8H8O.C8H6O.C8H8S.C8H6S.C7H6N2.C7H5NO2.C7H4O2S.C6H4N2O.11C4H10/c10-9-6-5-7-3-1-2-4-8(7)9;6*1-2-4-8-7(3-1)5-6-9-8;1-2-4-7-6(3-1)8-5-9-7;9-7-8-5-3-1-2-4-6(5)10-7;8-7-9-5-3-1-2-4-6(5)10-7;1-2-4-6-5(3-1)7-9-8-6;11*1-4(2)3/h1-4H,5-6H2;1-4,9H,5-6H2;1-6,9H;1-4H,5-6H2;1-6H;1-4H,5-6H2;1-6H;1-5H,(H,8,9);1-4H,(H,8,9);1-4H;1-4H;11*4H,1-3H3. The van der Waals surface area contributed by atoms with E-state index in [9.17, 15) is 14.4 Å². The van der Waals surface area contributed by atoms with Gasteiger partial charge < -0.3 is 33.3 Å². The molecule has 3 aliphatic heterocycles. The monoisotopic (exact) mass is 2040 g/mol. The molecule has 4 N–H and O–H groups in total. The highest BCUT2D eigenvalue weighted by Crippen LogP contribution is 2.31. The molecule has 0 atom stereocenters. The van der Waals surface area contributed by atoms with E-state index in [1.54, 1.807) is 42.1 Å². The highest BCUT2D eigenvalue weighted by molar-refractivity contribution is 7.99. The van der Waals surface area contributed by atoms with Crippen LogP contribution in [0.2, 0.25) is 0 Å². The molecule has 0 fully saturated rings. The fourth-order valence-corrected chi connectivity index (χ4v) is 13.5. The van der Waals surface area contributed by atoms with Gasteiger partial charge in [-0.3, -0.25) is 9.78 Å². The minimum atomic E-state index is -0.402. The Balaban J connectivity index is 0.000000773. The molecule has 0 saturated carbocycles. The van der Waals surface area contributed by atoms with Crippen molar-refractivity contribution in [3.05, 3.63) is 357 Å². The Morgan fingerprint density at radius 1 is 0.329 bits per heavy atom. The van der Waals surface area contributed by atoms with Crippen molar-refractivity contribution in [3.63, 3.8) is 0 Å². The van der Waals surface area contributed by atoms with Crippen LogP contribution in [0.3, 0.4) is 0 Å². The number of aromatic nitrogens is 6. The van der Waals surface area contributed by atoms with Gasteiger partial charge in [0.1, 0.15) is 27.9 Å². The molecule has 0 unspecified atom stereocenters. The predicted octanol–water partition coefficient (Wildman–Crippen LogP) is 39.0. The number of carbonyl (C=O) groups excluding carboxylic acids is 1. The Hall–Kier alpha value is -12.1. The molecule has 4 aliphatic rings. The first-order valence-electron chi connectivity index (χ1n) is 52.2. The van der Waals surface area contributed by atoms with Crippen LogP contribution in [0.1, 0.15) is 268 Å². The Morgan fingerprint density at radius 2 is 0.767 bits per heavy atom. The molecule has 0 spiro atoms. The van der Waals surface area contributed by atoms with Gasteiger partial charge in [0.05, 0.1) is 40.4 Å². The third kappa shape index (κ3) is 68.3. The average Bonchev–Trinajstić information content (AvgIpc) is 1.71. The molecule has 146 heavy (non-hydrogen) atoms. The number of thiophene rings is 1. The largest absolute Gasteiger partial charge is 0.493 e. The van der Waals surface area contributed by atoms with Gasteiger partial charge in [-0.25, -0.2) is 19.2 Å². The van der Waals surface area contributed by atoms with Crippen LogP contribution in [0, 0.1) is 65.1 Å². The number of aryl methyl sites for hydroxylation is 2. The van der Waals surface area contributed by atoms with Gasteiger partial charge in [-0.1, -0.05) is 422 Å². The average molecular weight is 2040 g/mol. The smallest absolute Gasteiger partial charge is 0.417 e. The normalized spacial score (nSPS) is 11.1. The zero-order valence-corrected chi connectivity index (χ0v) is 97.2. The number of hydrogen-bond donors (Lipinski definition) is 4. The van der Waals surface area contributed by atoms with Crippen molar-refractivity contribution in [2.75, 3.05) is 24.2 Å². The van der Waals surface area contributed by atoms with E-state index >= 15 is 0 Å². The minimum Gasteiger partial charge on any atom is -0.493 e. The number of ketones is 1. The van der Waals surface area contributed by atoms with Crippen LogP contribution >= 0.6 is 34.4 Å². The lowest BCUT2D eigenvalue weighted by Gasteiger charge is -1.94. The summed E-state index contributed by atoms with van der Waals surface area (Å²) in [5, 5.41) is 16.5. The summed E-state index contributed by atoms with van der Waals surface area (Å²) in [4.78, 5) is 46.2. The van der Waals surface area contributed by atoms with Crippen molar-refractivity contribution < 1.29 is 27.4 Å². The van der Waals surface area contributed by atoms with Gasteiger partial charge in [0.2, 0.25) is 0 Å². The zero-order valence-electron chi connectivity index (χ0n) is 94.8. The van der Waals surface area contributed by atoms with Crippen molar-refractivity contribution in [1.29, 1.82) is 0 Å². The maximum atomic E-state index is 11.1. The van der Waals surface area contributed by atoms with Crippen LogP contribution in [0.4, 0.5) is 5.69 Å². The van der Waals surface area contributed by atoms with E-state index < -0.39 is 5.76 Å². The number of nitrogens with zero attached hydrogens (tertiary/aromatic N) is 3. The number of furan rings is 1. The van der Waals surface area contributed by atoms with Crippen LogP contribution in [0.15, 0.2) is 342 Å². The number of benzene rings is 11. The maximum Gasteiger partial charge on any atom is 0.417 e. The SMILES string of the molecule is CC(C)C.CC(C)C.CC(C)C.CC(C)C.CC(C)C.CC(C)C.CC(C)C.CC(C)C.CC(C)C.CC(C)C.CC(C)C.O=C1CCc2ccccc21.O=c1[nH]c2ccccc2o1.O=c1oc2ccccc2s1.c1ccc2[nH]ccc2c1.c1ccc2[nH]cnc2c1.c1ccc2c(c1)CCN2.c1ccc2c(c1)CCO2.c1ccc2c(c1)CCS2.c1ccc2nonc2c1.c1ccc2occc2c1.c1ccc2sccc2c1. The molecule has 0 radical (unpaired) electrons. The van der Waals surface area contributed by atoms with Crippen LogP contribution in [0.5, 0.6) is 5.75 Å². The quantitative estimate of drug-likeness (QED) is 0.111. The maximum absolute atomic E-state index is 11.1. The van der Waals surface area contributed by atoms with E-state index in [1.165, 1.54) is 72.4 Å². The predicted molar refractivity (Wildman–Crippen MR) is 641 cm³/mol. The summed E-state index contributed by atoms with van der Waals surface area (Å²) in [6.45, 7) is 73.5. The highest BCUT2D eigenvalue weighted by Gasteiger charge is 2.18. The number of anilines is 1. The summed E-state index contributed by atoms with van der Waals surface area (Å²) >= 11 is 4.89. The molecule has 11 aromatic carbocycles. The summed E-state index contributed by atoms with van der Waals surface area (Å²) in [6.07, 6.45) is 10.5. The van der Waals surface area contributed by atoms with E-state index in [0.717, 1.165) is 157 Å². The third-order valence-electron chi connectivity index (χ3n) is 16.1. The number of rotatable bonds is 0. The van der Waals surface area contributed by atoms with Gasteiger partial charge in [0.15, 0.2) is 11.4 Å². The van der Waals surface area contributed by atoms with E-state index in [2.05, 4.69) is 377 Å². The number of thioether (sulfide) groups is 1. The number of hydrogen-bond acceptors (Lipinski definition) is 15. The highest BCUT2D eigenvalue weighted by atomic mass is 32.2. The Bertz CT molecular complexity index is 5330. The topological polar surface area (TPSA) is 211 Å². The van der Waals surface area contributed by atoms with Crippen molar-refractivity contribution in [1.82, 2.24) is 30.2 Å². The zero-order chi connectivity index (χ0) is 109. The van der Waals surface area contributed by atoms with Crippen LogP contribution in [-0.4, -0.2) is 54.9 Å². The minimum absolute atomic E-state index is 0.235. The second-order valence-corrected chi connectivity index (χ2v) is 45.0. The summed E-state index contributed by atoms with van der Waals surface area (Å²) in [5.41, 5.74) is 15.7. The molecule has 0 saturated heterocycles. The number of ether oxygens (including phenoxy) is 1. The van der Waals surface area contributed by atoms with Crippen LogP contribution < -0.4 is 20.7 Å². The van der Waals surface area contributed by atoms with Gasteiger partial charge in [-0.15, -0.1) is 23.1 Å². The van der Waals surface area contributed by atoms with Crippen LogP contribution in [0.25, 0.3) is 75.4 Å². The summed E-state index contributed by atoms with van der Waals surface area (Å²) in [5.74, 6) is 11.4. The van der Waals surface area contributed by atoms with Crippen LogP contribution in [-0.2, 0) is 25.7 Å². The summed E-state index contributed by atoms with van der Waals surface area (Å²) in [7, 11) is 0. The van der Waals surface area contributed by atoms with Gasteiger partial charge in [0, 0.05) is 63.1 Å². The summed E-state index contributed by atoms with van der Waals surface area (Å²) < 4.78 is 26.8. The van der Waals surface area contributed by atoms with Crippen molar-refractivity contribution >= 4 is 121 Å². The molecule has 22 rings (SSSR count). The molecule has 0 amide bonds. The lowest BCUT2D eigenvalue weighted by molar-refractivity contribution is 0.0994. The van der Waals surface area contributed by atoms with Gasteiger partial charge in [-0.05, 0) is 236 Å². The third-order valence-corrected chi connectivity index (χ3v) is 18.9. The molecule has 1 aliphatic carbocycles. The Labute approximate surface area is 890 Å². The van der Waals surface area contributed by atoms with Gasteiger partial charge in [-0.2, -0.15) is 0 Å². The lowest BCUT2D eigenvalue weighted by atomic mass is 10.1. The number of nitrogens with one attached hydrogen (secondary N) is 4. The number of oxazole rings is 1. The number of carbonyl (C=O) groups is 1. The Morgan fingerprint density at radius 3 is 1.27 bits per heavy atom. The molecule has 15 nitrogen and oxygen atoms in total. The molecule has 18 aromatic rings. The van der Waals surface area contributed by atoms with E-state index in [0.29, 0.717) is 23.4 Å². The van der Waals surface area contributed by atoms with Gasteiger partial charge in [0.25, 0.3) is 0 Å². The second kappa shape index (κ2) is 80.1. The first-order chi connectivity index (χ1) is 69.4. The molecular weight excluding hydrogens is 1860 g/mol. The van der Waals surface area contributed by atoms with Crippen molar-refractivity contribution in [2.24, 2.45) is 65.1 Å². The number of imidazole rings is 1. The summed E-state index contributed by atoms with van der Waals surface area (Å²) in [6, 6.07) is 93.9. The number of fused-ring (bicyclic) bond motifs is 11. The Kier molecular flexibility index (Phi) is 72.4. The first kappa shape index (κ1) is 132. The second-order valence-electron chi connectivity index (χ2n) is 41.9. The number of Topliss-reactive ketones (excluding diaryl/α,β-unsaturated/α-hetero) is 1. The number of H-pyrrole nitrogens is 3. The molecule has 0 bridgehead atoms. The van der Waals surface area contributed by atoms with Crippen molar-refractivity contribution in [2.45, 2.75) is 265 Å². The first-order valence-corrected chi connectivity index (χ1v) is 54.9. The number of para-hydroxylation sites is 9. The fourth-order valence-electron chi connectivity index (χ4n) is 11.0. The molecule has 18 heteroatoms. The lowest BCUT2D eigenvalue weighted by Crippen LogP contribution is -1.92. The van der Waals surface area contributed by atoms with E-state index in [-0.39, 0.29) is 4.94 Å². The van der Waals surface area contributed by atoms with E-state index in [1.807, 2.05) is 182 Å². The van der Waals surface area contributed by atoms with Crippen molar-refractivity contribution in [3.8, 4) is 5.75 Å². The number of aromatic amines is 3. The molecule has 10 heterocycles. The molecular formula is C128H181N7O8S3. The molecule has 7 aromatic heterocycles. The van der Waals surface area contributed by atoms with E-state index in [4.69, 9.17) is 18.0 Å².